The number of Topliss-reactive ketones (excluding diaryl/α,β-unsaturated/α-hetero) is 1. The summed E-state index contributed by atoms with van der Waals surface area (Å²) in [5.41, 5.74) is 5.33. The summed E-state index contributed by atoms with van der Waals surface area (Å²) >= 11 is 9.04. The predicted molar refractivity (Wildman–Crippen MR) is 144 cm³/mol. The topological polar surface area (TPSA) is 97.8 Å². The Bertz CT molecular complexity index is 1020. The molecule has 4 heterocycles. The maximum Gasteiger partial charge on any atom is 0.373 e. The van der Waals surface area contributed by atoms with Crippen LogP contribution in [0, 0.1) is 27.7 Å². The summed E-state index contributed by atoms with van der Waals surface area (Å²) in [6, 6.07) is 1.44. The van der Waals surface area contributed by atoms with E-state index in [0.29, 0.717) is 18.3 Å². The van der Waals surface area contributed by atoms with Gasteiger partial charge in [-0.05, 0) is 99.4 Å². The lowest BCUT2D eigenvalue weighted by atomic mass is 10.0. The van der Waals surface area contributed by atoms with E-state index in [9.17, 15) is 4.79 Å². The Hall–Kier alpha value is -1.96. The Balaban J connectivity index is 0.000000317. The number of nitrogens with zero attached hydrogens (tertiary/aromatic N) is 1. The first-order chi connectivity index (χ1) is 17.8. The highest BCUT2D eigenvalue weighted by atomic mass is 35.5. The largest absolute Gasteiger partial charge is 0.381 e. The third-order valence-corrected chi connectivity index (χ3v) is 9.47. The number of thiophene rings is 2. The van der Waals surface area contributed by atoms with Gasteiger partial charge < -0.3 is 4.74 Å². The first-order valence-corrected chi connectivity index (χ1v) is 14.6. The van der Waals surface area contributed by atoms with E-state index in [1.165, 1.54) is 48.9 Å². The van der Waals surface area contributed by atoms with Gasteiger partial charge in [-0.15, -0.1) is 34.3 Å². The lowest BCUT2D eigenvalue weighted by Crippen LogP contribution is -2.38. The van der Waals surface area contributed by atoms with E-state index in [1.54, 1.807) is 16.2 Å². The Labute approximate surface area is 232 Å². The molecule has 0 aliphatic carbocycles. The number of ketones is 1. The van der Waals surface area contributed by atoms with Gasteiger partial charge in [0.1, 0.15) is 0 Å². The molecule has 2 saturated heterocycles. The standard InChI is InChI=1S/C15H23NOS.C10H13ClOS.2CO2/c1-11-10-18-15(12(11)2)14-4-3-7-16(14)13-5-8-17-9-6-13;1-7-6-13-10(8(7)2)9(12)4-3-5-11;2*2-1-3/h10,13-14H,3-9H2,1-2H3;6H,3-5H2,1-2H3;;. The van der Waals surface area contributed by atoms with E-state index >= 15 is 0 Å². The molecular formula is C27H36ClNO6S2. The molecule has 1 unspecified atom stereocenters. The highest BCUT2D eigenvalue weighted by molar-refractivity contribution is 7.12. The van der Waals surface area contributed by atoms with Gasteiger partial charge in [-0.25, -0.2) is 0 Å². The molecule has 0 aromatic carbocycles. The van der Waals surface area contributed by atoms with Crippen molar-refractivity contribution >= 4 is 52.4 Å². The molecule has 0 saturated carbocycles. The fourth-order valence-corrected chi connectivity index (χ4v) is 6.90. The quantitative estimate of drug-likeness (QED) is 0.307. The smallest absolute Gasteiger partial charge is 0.373 e. The van der Waals surface area contributed by atoms with Crippen molar-refractivity contribution in [1.82, 2.24) is 4.90 Å². The average molecular weight is 570 g/mol. The van der Waals surface area contributed by atoms with Gasteiger partial charge >= 0.3 is 12.3 Å². The minimum Gasteiger partial charge on any atom is -0.381 e. The summed E-state index contributed by atoms with van der Waals surface area (Å²) in [4.78, 5) is 49.4. The van der Waals surface area contributed by atoms with Crippen LogP contribution in [0.25, 0.3) is 0 Å². The summed E-state index contributed by atoms with van der Waals surface area (Å²) in [6.45, 7) is 11.8. The average Bonchev–Trinajstić information content (AvgIpc) is 3.59. The molecule has 204 valence electrons. The van der Waals surface area contributed by atoms with Crippen LogP contribution in [0.2, 0.25) is 0 Å². The number of alkyl halides is 1. The molecule has 7 nitrogen and oxygen atoms in total. The van der Waals surface area contributed by atoms with Crippen LogP contribution in [0.5, 0.6) is 0 Å². The van der Waals surface area contributed by atoms with Gasteiger partial charge in [0.15, 0.2) is 5.78 Å². The number of hydrogen-bond acceptors (Lipinski definition) is 9. The van der Waals surface area contributed by atoms with Crippen LogP contribution in [0.3, 0.4) is 0 Å². The first-order valence-electron chi connectivity index (χ1n) is 12.3. The molecular weight excluding hydrogens is 534 g/mol. The van der Waals surface area contributed by atoms with Crippen molar-refractivity contribution in [2.45, 2.75) is 78.3 Å². The van der Waals surface area contributed by atoms with Crippen LogP contribution in [-0.2, 0) is 23.9 Å². The second-order valence-electron chi connectivity index (χ2n) is 8.90. The van der Waals surface area contributed by atoms with Crippen molar-refractivity contribution in [2.75, 3.05) is 25.6 Å². The summed E-state index contributed by atoms with van der Waals surface area (Å²) in [5.74, 6) is 0.797. The second kappa shape index (κ2) is 18.3. The molecule has 2 aromatic rings. The maximum absolute atomic E-state index is 11.6. The van der Waals surface area contributed by atoms with Crippen molar-refractivity contribution in [1.29, 1.82) is 0 Å². The number of halogens is 1. The van der Waals surface area contributed by atoms with Crippen molar-refractivity contribution in [3.63, 3.8) is 0 Å². The van der Waals surface area contributed by atoms with E-state index < -0.39 is 0 Å². The van der Waals surface area contributed by atoms with Crippen molar-refractivity contribution in [3.8, 4) is 0 Å². The van der Waals surface area contributed by atoms with Crippen molar-refractivity contribution < 1.29 is 28.7 Å². The Kier molecular flexibility index (Phi) is 16.4. The Morgan fingerprint density at radius 1 is 0.973 bits per heavy atom. The molecule has 0 bridgehead atoms. The lowest BCUT2D eigenvalue weighted by Gasteiger charge is -2.35. The second-order valence-corrected chi connectivity index (χ2v) is 11.1. The predicted octanol–water partition coefficient (Wildman–Crippen LogP) is 6.08. The fourth-order valence-electron chi connectivity index (χ4n) is 4.49. The van der Waals surface area contributed by atoms with Gasteiger partial charge in [-0.1, -0.05) is 0 Å². The summed E-state index contributed by atoms with van der Waals surface area (Å²) < 4.78 is 5.50. The van der Waals surface area contributed by atoms with Crippen LogP contribution in [0.1, 0.15) is 81.4 Å². The summed E-state index contributed by atoms with van der Waals surface area (Å²) in [5, 5.41) is 4.36. The van der Waals surface area contributed by atoms with Crippen molar-refractivity contribution in [3.05, 3.63) is 42.8 Å². The maximum atomic E-state index is 11.6. The minimum absolute atomic E-state index is 0.233. The molecule has 4 rings (SSSR count). The zero-order valence-corrected chi connectivity index (χ0v) is 24.4. The number of rotatable bonds is 6. The van der Waals surface area contributed by atoms with Crippen LogP contribution in [-0.4, -0.2) is 54.7 Å². The number of ether oxygens (including phenoxy) is 1. The Morgan fingerprint density at radius 3 is 2.03 bits per heavy atom. The molecule has 0 radical (unpaired) electrons. The number of hydrogen-bond donors (Lipinski definition) is 0. The zero-order valence-electron chi connectivity index (χ0n) is 22.0. The lowest BCUT2D eigenvalue weighted by molar-refractivity contribution is -0.193. The highest BCUT2D eigenvalue weighted by Crippen LogP contribution is 2.40. The van der Waals surface area contributed by atoms with Crippen LogP contribution >= 0.6 is 34.3 Å². The molecule has 2 aliphatic rings. The van der Waals surface area contributed by atoms with Gasteiger partial charge in [0.25, 0.3) is 0 Å². The molecule has 0 N–H and O–H groups in total. The Morgan fingerprint density at radius 2 is 1.54 bits per heavy atom. The van der Waals surface area contributed by atoms with E-state index in [1.807, 2.05) is 30.6 Å². The van der Waals surface area contributed by atoms with Crippen molar-refractivity contribution in [2.24, 2.45) is 0 Å². The van der Waals surface area contributed by atoms with Crippen LogP contribution in [0.4, 0.5) is 0 Å². The van der Waals surface area contributed by atoms with E-state index in [2.05, 4.69) is 24.1 Å². The number of aryl methyl sites for hydroxylation is 2. The molecule has 2 aliphatic heterocycles. The SMILES string of the molecule is Cc1csc(C(=O)CCCCl)c1C.Cc1csc(C2CCCN2C2CCOCC2)c1C.O=C=O.O=C=O. The molecule has 2 aromatic heterocycles. The molecule has 0 spiro atoms. The molecule has 2 fully saturated rings. The van der Waals surface area contributed by atoms with Gasteiger partial charge in [0.05, 0.1) is 4.88 Å². The molecule has 0 amide bonds. The van der Waals surface area contributed by atoms with E-state index in [0.717, 1.165) is 36.1 Å². The van der Waals surface area contributed by atoms with Gasteiger partial charge in [0.2, 0.25) is 0 Å². The van der Waals surface area contributed by atoms with Gasteiger partial charge in [0, 0.05) is 42.5 Å². The zero-order chi connectivity index (χ0) is 27.8. The monoisotopic (exact) mass is 569 g/mol. The van der Waals surface area contributed by atoms with Gasteiger partial charge in [-0.3, -0.25) is 9.69 Å². The number of carbonyl (C=O) groups excluding carboxylic acids is 5. The van der Waals surface area contributed by atoms with Crippen LogP contribution < -0.4 is 0 Å². The normalized spacial score (nSPS) is 17.2. The highest BCUT2D eigenvalue weighted by Gasteiger charge is 2.34. The third kappa shape index (κ3) is 10.4. The molecule has 1 atom stereocenters. The van der Waals surface area contributed by atoms with Crippen LogP contribution in [0.15, 0.2) is 10.8 Å². The van der Waals surface area contributed by atoms with Gasteiger partial charge in [-0.2, -0.15) is 19.2 Å². The number of likely N-dealkylation sites (tertiary alicyclic amines) is 1. The molecule has 10 heteroatoms. The van der Waals surface area contributed by atoms with E-state index in [-0.39, 0.29) is 18.1 Å². The summed E-state index contributed by atoms with van der Waals surface area (Å²) in [6.07, 6.45) is 7.00. The van der Waals surface area contributed by atoms with E-state index in [4.69, 9.17) is 35.5 Å². The third-order valence-electron chi connectivity index (χ3n) is 6.66. The first kappa shape index (κ1) is 33.1. The molecule has 37 heavy (non-hydrogen) atoms. The number of carbonyl (C=O) groups is 1. The fraction of sp³-hybridized carbons (Fsp3) is 0.593. The minimum atomic E-state index is 0.233. The summed E-state index contributed by atoms with van der Waals surface area (Å²) in [7, 11) is 0.